The number of aryl methyl sites for hydroxylation is 3. The van der Waals surface area contributed by atoms with E-state index in [0.717, 1.165) is 34.7 Å². The van der Waals surface area contributed by atoms with Crippen LogP contribution in [-0.2, 0) is 6.42 Å². The fourth-order valence-electron chi connectivity index (χ4n) is 1.91. The molecule has 0 unspecified atom stereocenters. The van der Waals surface area contributed by atoms with E-state index in [1.807, 2.05) is 38.1 Å². The molecule has 0 radical (unpaired) electrons. The molecule has 4 nitrogen and oxygen atoms in total. The van der Waals surface area contributed by atoms with Gasteiger partial charge in [0, 0.05) is 22.8 Å². The van der Waals surface area contributed by atoms with Gasteiger partial charge in [-0.25, -0.2) is 9.97 Å². The largest absolute Gasteiger partial charge is 0.398 e. The minimum atomic E-state index is 0.608. The van der Waals surface area contributed by atoms with E-state index in [1.54, 1.807) is 0 Å². The summed E-state index contributed by atoms with van der Waals surface area (Å²) in [6.45, 7) is 5.99. The van der Waals surface area contributed by atoms with Crippen LogP contribution >= 0.6 is 0 Å². The predicted octanol–water partition coefficient (Wildman–Crippen LogP) is 2.98. The number of anilines is 3. The van der Waals surface area contributed by atoms with E-state index in [2.05, 4.69) is 22.2 Å². The first-order valence-corrected chi connectivity index (χ1v) is 6.06. The van der Waals surface area contributed by atoms with Crippen LogP contribution in [0.2, 0.25) is 0 Å². The first-order valence-electron chi connectivity index (χ1n) is 6.06. The summed E-state index contributed by atoms with van der Waals surface area (Å²) in [5.41, 5.74) is 10.7. The van der Waals surface area contributed by atoms with Crippen LogP contribution in [0.3, 0.4) is 0 Å². The van der Waals surface area contributed by atoms with Crippen molar-refractivity contribution < 1.29 is 0 Å². The summed E-state index contributed by atoms with van der Waals surface area (Å²) >= 11 is 0. The van der Waals surface area contributed by atoms with Crippen molar-refractivity contribution in [3.8, 4) is 0 Å². The van der Waals surface area contributed by atoms with Crippen LogP contribution in [0.5, 0.6) is 0 Å². The van der Waals surface area contributed by atoms with Gasteiger partial charge in [0.2, 0.25) is 5.95 Å². The van der Waals surface area contributed by atoms with Gasteiger partial charge in [-0.05, 0) is 44.0 Å². The number of hydrogen-bond donors (Lipinski definition) is 2. The monoisotopic (exact) mass is 242 g/mol. The van der Waals surface area contributed by atoms with Crippen LogP contribution < -0.4 is 11.1 Å². The number of aromatic nitrogens is 2. The lowest BCUT2D eigenvalue weighted by molar-refractivity contribution is 1.06. The Morgan fingerprint density at radius 2 is 1.78 bits per heavy atom. The van der Waals surface area contributed by atoms with Crippen LogP contribution in [0.15, 0.2) is 24.3 Å². The zero-order valence-corrected chi connectivity index (χ0v) is 11.0. The lowest BCUT2D eigenvalue weighted by atomic mass is 10.1. The van der Waals surface area contributed by atoms with Crippen LogP contribution in [0.4, 0.5) is 17.3 Å². The summed E-state index contributed by atoms with van der Waals surface area (Å²) in [4.78, 5) is 8.68. The second kappa shape index (κ2) is 5.04. The molecule has 94 valence electrons. The summed E-state index contributed by atoms with van der Waals surface area (Å²) in [6.07, 6.45) is 0.937. The Balaban J connectivity index is 2.25. The van der Waals surface area contributed by atoms with Crippen molar-refractivity contribution in [1.29, 1.82) is 0 Å². The number of nitrogens with one attached hydrogen (secondary N) is 1. The van der Waals surface area contributed by atoms with Crippen molar-refractivity contribution in [2.24, 2.45) is 0 Å². The Kier molecular flexibility index (Phi) is 3.46. The maximum atomic E-state index is 5.96. The van der Waals surface area contributed by atoms with Crippen molar-refractivity contribution in [1.82, 2.24) is 9.97 Å². The number of nitrogen functional groups attached to an aromatic ring is 1. The Morgan fingerprint density at radius 3 is 2.33 bits per heavy atom. The quantitative estimate of drug-likeness (QED) is 0.812. The van der Waals surface area contributed by atoms with Gasteiger partial charge in [-0.1, -0.05) is 13.0 Å². The average Bonchev–Trinajstić information content (AvgIpc) is 2.27. The van der Waals surface area contributed by atoms with Gasteiger partial charge in [0.1, 0.15) is 0 Å². The normalized spacial score (nSPS) is 10.4. The lowest BCUT2D eigenvalue weighted by Crippen LogP contribution is -2.01. The molecule has 0 atom stereocenters. The summed E-state index contributed by atoms with van der Waals surface area (Å²) < 4.78 is 0. The van der Waals surface area contributed by atoms with Crippen molar-refractivity contribution in [3.63, 3.8) is 0 Å². The molecule has 1 heterocycles. The molecule has 2 rings (SSSR count). The third-order valence-corrected chi connectivity index (χ3v) is 2.77. The van der Waals surface area contributed by atoms with Gasteiger partial charge in [0.15, 0.2) is 0 Å². The minimum Gasteiger partial charge on any atom is -0.398 e. The molecular formula is C14H18N4. The van der Waals surface area contributed by atoms with Crippen LogP contribution in [-0.4, -0.2) is 9.97 Å². The fraction of sp³-hybridized carbons (Fsp3) is 0.286. The molecule has 1 aromatic carbocycles. The highest BCUT2D eigenvalue weighted by atomic mass is 15.1. The van der Waals surface area contributed by atoms with Crippen molar-refractivity contribution in [2.45, 2.75) is 27.2 Å². The van der Waals surface area contributed by atoms with E-state index in [1.165, 1.54) is 0 Å². The second-order valence-electron chi connectivity index (χ2n) is 4.37. The summed E-state index contributed by atoms with van der Waals surface area (Å²) in [5, 5.41) is 3.18. The molecule has 0 bridgehead atoms. The van der Waals surface area contributed by atoms with Crippen molar-refractivity contribution in [3.05, 3.63) is 41.2 Å². The number of nitrogens with two attached hydrogens (primary N) is 1. The number of benzene rings is 1. The zero-order valence-electron chi connectivity index (χ0n) is 11.0. The van der Waals surface area contributed by atoms with Crippen molar-refractivity contribution in [2.75, 3.05) is 11.1 Å². The second-order valence-corrected chi connectivity index (χ2v) is 4.37. The molecule has 0 fully saturated rings. The third kappa shape index (κ3) is 2.77. The molecular weight excluding hydrogens is 224 g/mol. The minimum absolute atomic E-state index is 0.608. The Labute approximate surface area is 107 Å². The smallest absolute Gasteiger partial charge is 0.227 e. The van der Waals surface area contributed by atoms with Gasteiger partial charge in [-0.3, -0.25) is 0 Å². The number of hydrogen-bond acceptors (Lipinski definition) is 4. The Morgan fingerprint density at radius 1 is 1.11 bits per heavy atom. The standard InChI is InChI=1S/C14H18N4/c1-4-11-5-6-12(8-13(11)15)18-14-16-9(2)7-10(3)17-14/h5-8H,4,15H2,1-3H3,(H,16,17,18). The molecule has 1 aromatic heterocycles. The van der Waals surface area contributed by atoms with Gasteiger partial charge >= 0.3 is 0 Å². The molecule has 0 aliphatic rings. The Hall–Kier alpha value is -2.10. The van der Waals surface area contributed by atoms with Crippen LogP contribution in [0, 0.1) is 13.8 Å². The topological polar surface area (TPSA) is 63.8 Å². The van der Waals surface area contributed by atoms with E-state index in [-0.39, 0.29) is 0 Å². The summed E-state index contributed by atoms with van der Waals surface area (Å²) in [6, 6.07) is 7.89. The molecule has 0 saturated heterocycles. The van der Waals surface area contributed by atoms with Crippen LogP contribution in [0.1, 0.15) is 23.9 Å². The number of rotatable bonds is 3. The molecule has 0 spiro atoms. The molecule has 0 aliphatic carbocycles. The van der Waals surface area contributed by atoms with Gasteiger partial charge in [0.05, 0.1) is 0 Å². The van der Waals surface area contributed by atoms with Gasteiger partial charge in [-0.15, -0.1) is 0 Å². The van der Waals surface area contributed by atoms with Gasteiger partial charge in [-0.2, -0.15) is 0 Å². The molecule has 4 heteroatoms. The fourth-order valence-corrected chi connectivity index (χ4v) is 1.91. The third-order valence-electron chi connectivity index (χ3n) is 2.77. The molecule has 0 aliphatic heterocycles. The predicted molar refractivity (Wildman–Crippen MR) is 75.0 cm³/mol. The average molecular weight is 242 g/mol. The highest BCUT2D eigenvalue weighted by Gasteiger charge is 2.02. The molecule has 0 amide bonds. The maximum absolute atomic E-state index is 5.96. The van der Waals surface area contributed by atoms with Gasteiger partial charge in [0.25, 0.3) is 0 Å². The number of nitrogens with zero attached hydrogens (tertiary/aromatic N) is 2. The summed E-state index contributed by atoms with van der Waals surface area (Å²) in [7, 11) is 0. The first kappa shape index (κ1) is 12.4. The van der Waals surface area contributed by atoms with E-state index in [0.29, 0.717) is 5.95 Å². The SMILES string of the molecule is CCc1ccc(Nc2nc(C)cc(C)n2)cc1N. The summed E-state index contributed by atoms with van der Waals surface area (Å²) in [5.74, 6) is 0.608. The van der Waals surface area contributed by atoms with E-state index < -0.39 is 0 Å². The highest BCUT2D eigenvalue weighted by Crippen LogP contribution is 2.20. The Bertz CT molecular complexity index is 543. The van der Waals surface area contributed by atoms with Crippen molar-refractivity contribution >= 4 is 17.3 Å². The molecule has 0 saturated carbocycles. The van der Waals surface area contributed by atoms with E-state index in [9.17, 15) is 0 Å². The first-order chi connectivity index (χ1) is 8.58. The molecule has 18 heavy (non-hydrogen) atoms. The molecule has 2 aromatic rings. The molecule has 3 N–H and O–H groups in total. The van der Waals surface area contributed by atoms with Crippen LogP contribution in [0.25, 0.3) is 0 Å². The highest BCUT2D eigenvalue weighted by molar-refractivity contribution is 5.62. The van der Waals surface area contributed by atoms with E-state index >= 15 is 0 Å². The lowest BCUT2D eigenvalue weighted by Gasteiger charge is -2.09. The maximum Gasteiger partial charge on any atom is 0.227 e. The zero-order chi connectivity index (χ0) is 13.1. The van der Waals surface area contributed by atoms with Gasteiger partial charge < -0.3 is 11.1 Å². The van der Waals surface area contributed by atoms with E-state index in [4.69, 9.17) is 5.73 Å².